The second-order valence-corrected chi connectivity index (χ2v) is 2.58. The summed E-state index contributed by atoms with van der Waals surface area (Å²) in [6.45, 7) is 0. The summed E-state index contributed by atoms with van der Waals surface area (Å²) in [7, 11) is 1.44. The van der Waals surface area contributed by atoms with Crippen LogP contribution in [0.1, 0.15) is 10.4 Å². The monoisotopic (exact) mass is 191 g/mol. The summed E-state index contributed by atoms with van der Waals surface area (Å²) in [5.74, 6) is -0.214. The zero-order valence-corrected chi connectivity index (χ0v) is 7.62. The molecule has 0 aromatic carbocycles. The smallest absolute Gasteiger partial charge is 0.188 e. The molecule has 0 spiro atoms. The van der Waals surface area contributed by atoms with E-state index in [1.54, 1.807) is 18.3 Å². The minimum atomic E-state index is -0.214. The molecule has 72 valence electrons. The van der Waals surface area contributed by atoms with Crippen molar-refractivity contribution in [2.45, 2.75) is 0 Å². The van der Waals surface area contributed by atoms with Gasteiger partial charge >= 0.3 is 0 Å². The number of rotatable bonds is 4. The Bertz CT molecular complexity index is 348. The zero-order chi connectivity index (χ0) is 10.4. The zero-order valence-electron chi connectivity index (χ0n) is 7.62. The van der Waals surface area contributed by atoms with Crippen LogP contribution in [-0.4, -0.2) is 22.8 Å². The number of nitrogens with zero attached hydrogens (tertiary/aromatic N) is 3. The minimum Gasteiger partial charge on any atom is -0.289 e. The molecule has 0 unspecified atom stereocenters. The number of hydrogen-bond donors (Lipinski definition) is 0. The van der Waals surface area contributed by atoms with E-state index in [1.807, 2.05) is 0 Å². The molecule has 0 aliphatic heterocycles. The summed E-state index contributed by atoms with van der Waals surface area (Å²) in [5.41, 5.74) is 0.475. The highest BCUT2D eigenvalue weighted by Crippen LogP contribution is 1.98. The van der Waals surface area contributed by atoms with Crippen molar-refractivity contribution in [3.8, 4) is 0 Å². The maximum absolute atomic E-state index is 11.4. The third-order valence-electron chi connectivity index (χ3n) is 1.52. The molecule has 0 fully saturated rings. The summed E-state index contributed by atoms with van der Waals surface area (Å²) in [4.78, 5) is 25.1. The molecular formula is C9H9N3O2. The van der Waals surface area contributed by atoms with Gasteiger partial charge in [-0.05, 0) is 12.1 Å². The molecule has 5 heteroatoms. The molecule has 1 aromatic heterocycles. The van der Waals surface area contributed by atoms with Gasteiger partial charge in [-0.3, -0.25) is 9.78 Å². The Labute approximate surface area is 81.0 Å². The molecular weight excluding hydrogens is 182 g/mol. The number of carbonyl (C=O) groups excluding carboxylic acids is 1. The molecule has 14 heavy (non-hydrogen) atoms. The standard InChI is InChI=1S/C9H9N3O2/c1-12(11-14)6-4-9(13)8-3-2-5-10-7-8/h2-7H,1H3/b6-4+. The third-order valence-corrected chi connectivity index (χ3v) is 1.52. The van der Waals surface area contributed by atoms with Gasteiger partial charge in [0.2, 0.25) is 0 Å². The molecule has 1 aromatic rings. The number of pyridine rings is 1. The molecule has 0 N–H and O–H groups in total. The Morgan fingerprint density at radius 1 is 1.64 bits per heavy atom. The number of nitroso groups, excluding NO2 is 1. The Balaban J connectivity index is 2.68. The highest BCUT2D eigenvalue weighted by molar-refractivity contribution is 6.04. The van der Waals surface area contributed by atoms with Crippen LogP contribution >= 0.6 is 0 Å². The number of ketones is 1. The van der Waals surface area contributed by atoms with Gasteiger partial charge in [0.25, 0.3) is 0 Å². The van der Waals surface area contributed by atoms with Crippen LogP contribution < -0.4 is 0 Å². The molecule has 0 radical (unpaired) electrons. The van der Waals surface area contributed by atoms with Gasteiger partial charge in [0.05, 0.1) is 5.29 Å². The van der Waals surface area contributed by atoms with Crippen LogP contribution in [0.15, 0.2) is 42.1 Å². The Morgan fingerprint density at radius 2 is 2.43 bits per heavy atom. The number of hydrogen-bond acceptors (Lipinski definition) is 4. The molecule has 1 heterocycles. The van der Waals surface area contributed by atoms with Gasteiger partial charge in [0.15, 0.2) is 5.78 Å². The van der Waals surface area contributed by atoms with Crippen molar-refractivity contribution in [3.05, 3.63) is 47.3 Å². The SMILES string of the molecule is CN(/C=C/C(=O)c1cccnc1)N=O. The van der Waals surface area contributed by atoms with Gasteiger partial charge in [-0.1, -0.05) is 0 Å². The van der Waals surface area contributed by atoms with Gasteiger partial charge in [-0.2, -0.15) is 0 Å². The van der Waals surface area contributed by atoms with E-state index < -0.39 is 0 Å². The Kier molecular flexibility index (Phi) is 3.49. The number of carbonyl (C=O) groups is 1. The maximum Gasteiger partial charge on any atom is 0.188 e. The first-order valence-corrected chi connectivity index (χ1v) is 3.92. The molecule has 0 bridgehead atoms. The van der Waals surface area contributed by atoms with E-state index in [4.69, 9.17) is 0 Å². The summed E-state index contributed by atoms with van der Waals surface area (Å²) in [6.07, 6.45) is 5.60. The Hall–Kier alpha value is -2.04. The van der Waals surface area contributed by atoms with Crippen molar-refractivity contribution in [1.82, 2.24) is 9.99 Å². The van der Waals surface area contributed by atoms with E-state index in [9.17, 15) is 9.70 Å². The normalized spacial score (nSPS) is 10.1. The van der Waals surface area contributed by atoms with Gasteiger partial charge in [-0.25, -0.2) is 5.01 Å². The lowest BCUT2D eigenvalue weighted by molar-refractivity contribution is 0.104. The van der Waals surface area contributed by atoms with Crippen molar-refractivity contribution in [3.63, 3.8) is 0 Å². The fraction of sp³-hybridized carbons (Fsp3) is 0.111. The largest absolute Gasteiger partial charge is 0.289 e. The van der Waals surface area contributed by atoms with E-state index in [-0.39, 0.29) is 5.78 Å². The highest BCUT2D eigenvalue weighted by Gasteiger charge is 2.00. The van der Waals surface area contributed by atoms with Crippen molar-refractivity contribution in [2.75, 3.05) is 7.05 Å². The quantitative estimate of drug-likeness (QED) is 0.312. The lowest BCUT2D eigenvalue weighted by Crippen LogP contribution is -2.01. The average Bonchev–Trinajstić information content (AvgIpc) is 2.26. The lowest BCUT2D eigenvalue weighted by Gasteiger charge is -1.98. The van der Waals surface area contributed by atoms with Crippen molar-refractivity contribution in [2.24, 2.45) is 5.29 Å². The summed E-state index contributed by atoms with van der Waals surface area (Å²) < 4.78 is 0. The molecule has 1 rings (SSSR count). The van der Waals surface area contributed by atoms with E-state index >= 15 is 0 Å². The second-order valence-electron chi connectivity index (χ2n) is 2.58. The van der Waals surface area contributed by atoms with Gasteiger partial charge < -0.3 is 0 Å². The van der Waals surface area contributed by atoms with E-state index in [2.05, 4.69) is 10.3 Å². The minimum absolute atomic E-state index is 0.214. The van der Waals surface area contributed by atoms with Crippen LogP contribution in [0.3, 0.4) is 0 Å². The van der Waals surface area contributed by atoms with E-state index in [0.29, 0.717) is 5.56 Å². The second kappa shape index (κ2) is 4.86. The van der Waals surface area contributed by atoms with Crippen LogP contribution in [0.2, 0.25) is 0 Å². The molecule has 0 atom stereocenters. The molecule has 0 aliphatic rings. The van der Waals surface area contributed by atoms with Gasteiger partial charge in [-0.15, -0.1) is 4.91 Å². The molecule has 0 amide bonds. The van der Waals surface area contributed by atoms with Crippen LogP contribution in [0.5, 0.6) is 0 Å². The van der Waals surface area contributed by atoms with Crippen LogP contribution in [0.4, 0.5) is 0 Å². The van der Waals surface area contributed by atoms with E-state index in [1.165, 1.54) is 25.5 Å². The first-order valence-electron chi connectivity index (χ1n) is 3.92. The van der Waals surface area contributed by atoms with Crippen LogP contribution in [0, 0.1) is 4.91 Å². The number of allylic oxidation sites excluding steroid dienone is 1. The number of aromatic nitrogens is 1. The van der Waals surface area contributed by atoms with Crippen molar-refractivity contribution < 1.29 is 4.79 Å². The highest BCUT2D eigenvalue weighted by atomic mass is 16.3. The molecule has 0 saturated heterocycles. The average molecular weight is 191 g/mol. The lowest BCUT2D eigenvalue weighted by atomic mass is 10.2. The van der Waals surface area contributed by atoms with Crippen molar-refractivity contribution in [1.29, 1.82) is 0 Å². The first kappa shape index (κ1) is 10.0. The predicted molar refractivity (Wildman–Crippen MR) is 51.3 cm³/mol. The topological polar surface area (TPSA) is 62.6 Å². The Morgan fingerprint density at radius 3 is 3.00 bits per heavy atom. The van der Waals surface area contributed by atoms with Crippen molar-refractivity contribution >= 4 is 5.78 Å². The predicted octanol–water partition coefficient (Wildman–Crippen LogP) is 1.39. The molecule has 5 nitrogen and oxygen atoms in total. The van der Waals surface area contributed by atoms with Crippen LogP contribution in [0.25, 0.3) is 0 Å². The third kappa shape index (κ3) is 2.78. The summed E-state index contributed by atoms with van der Waals surface area (Å²) in [5, 5.41) is 3.59. The first-order chi connectivity index (χ1) is 6.74. The van der Waals surface area contributed by atoms with Gasteiger partial charge in [0.1, 0.15) is 0 Å². The van der Waals surface area contributed by atoms with Gasteiger partial charge in [0, 0.05) is 37.3 Å². The fourth-order valence-electron chi connectivity index (χ4n) is 0.808. The molecule has 0 aliphatic carbocycles. The van der Waals surface area contributed by atoms with E-state index in [0.717, 1.165) is 5.01 Å². The van der Waals surface area contributed by atoms with Crippen LogP contribution in [-0.2, 0) is 0 Å². The summed E-state index contributed by atoms with van der Waals surface area (Å²) in [6, 6.07) is 3.32. The molecule has 0 saturated carbocycles. The fourth-order valence-corrected chi connectivity index (χ4v) is 0.808. The summed E-state index contributed by atoms with van der Waals surface area (Å²) >= 11 is 0. The maximum atomic E-state index is 11.4.